The molecule has 3 aromatic carbocycles. The molecule has 6 nitrogen and oxygen atoms in total. The van der Waals surface area contributed by atoms with E-state index in [0.29, 0.717) is 11.6 Å². The number of aromatic nitrogens is 1. The number of nitrogens with one attached hydrogen (secondary N) is 1. The molecule has 0 aliphatic rings. The van der Waals surface area contributed by atoms with Crippen LogP contribution < -0.4 is 10.1 Å². The highest BCUT2D eigenvalue weighted by molar-refractivity contribution is 5.98. The first-order valence-electron chi connectivity index (χ1n) is 11.1. The molecular formula is C27H20F6N2O4. The van der Waals surface area contributed by atoms with Crippen molar-refractivity contribution in [2.45, 2.75) is 13.1 Å². The summed E-state index contributed by atoms with van der Waals surface area (Å²) in [6.07, 6.45) is -3.22. The number of halogens is 6. The number of carbonyl (C=O) groups excluding carboxylic acids is 1. The van der Waals surface area contributed by atoms with Gasteiger partial charge < -0.3 is 15.2 Å². The molecule has 1 aromatic heterocycles. The van der Waals surface area contributed by atoms with Gasteiger partial charge in [0.05, 0.1) is 18.2 Å². The number of ether oxygens (including phenoxy) is 1. The van der Waals surface area contributed by atoms with Crippen LogP contribution in [0.5, 0.6) is 5.75 Å². The van der Waals surface area contributed by atoms with Crippen LogP contribution in [0, 0.1) is 24.4 Å². The van der Waals surface area contributed by atoms with Crippen LogP contribution in [0.3, 0.4) is 0 Å². The van der Waals surface area contributed by atoms with Gasteiger partial charge in [-0.1, -0.05) is 24.3 Å². The standard InChI is InChI=1S/C18H13F4NO.C9H7F2NO3/c1-10-5-6-13(17-12(10)4-3-7-23-17)16-14(18(20,21)22)8-11(19)9-15(16)24-2;10-5-2-1-3-6(11)8(5)9(15)12-4-7(13)14/h3-9H,1-2H3;1-3H,4H2,(H,12,15)(H,13,14). The van der Waals surface area contributed by atoms with Gasteiger partial charge in [-0.15, -0.1) is 0 Å². The molecule has 0 aliphatic heterocycles. The van der Waals surface area contributed by atoms with E-state index in [1.165, 1.54) is 13.3 Å². The molecule has 0 spiro atoms. The van der Waals surface area contributed by atoms with Gasteiger partial charge in [-0.05, 0) is 36.8 Å². The van der Waals surface area contributed by atoms with Crippen molar-refractivity contribution < 1.29 is 45.8 Å². The Labute approximate surface area is 217 Å². The van der Waals surface area contributed by atoms with Crippen molar-refractivity contribution >= 4 is 22.8 Å². The maximum absolute atomic E-state index is 13.6. The Morgan fingerprint density at radius 2 is 1.67 bits per heavy atom. The number of carbonyl (C=O) groups is 2. The molecule has 2 N–H and O–H groups in total. The maximum atomic E-state index is 13.6. The zero-order valence-corrected chi connectivity index (χ0v) is 20.4. The number of hydrogen-bond donors (Lipinski definition) is 2. The highest BCUT2D eigenvalue weighted by Gasteiger charge is 2.36. The molecule has 1 heterocycles. The maximum Gasteiger partial charge on any atom is 0.417 e. The number of pyridine rings is 1. The van der Waals surface area contributed by atoms with Crippen molar-refractivity contribution in [1.29, 1.82) is 0 Å². The molecule has 39 heavy (non-hydrogen) atoms. The van der Waals surface area contributed by atoms with Crippen molar-refractivity contribution in [1.82, 2.24) is 10.3 Å². The average Bonchev–Trinajstić information content (AvgIpc) is 2.87. The van der Waals surface area contributed by atoms with E-state index in [1.807, 2.05) is 12.2 Å². The number of aliphatic carboxylic acids is 1. The van der Waals surface area contributed by atoms with Gasteiger partial charge in [0, 0.05) is 28.8 Å². The van der Waals surface area contributed by atoms with Crippen molar-refractivity contribution in [3.8, 4) is 16.9 Å². The van der Waals surface area contributed by atoms with Crippen LogP contribution in [0.25, 0.3) is 22.0 Å². The third kappa shape index (κ3) is 6.64. The van der Waals surface area contributed by atoms with Crippen LogP contribution in [0.15, 0.2) is 60.8 Å². The van der Waals surface area contributed by atoms with Gasteiger partial charge in [-0.25, -0.2) is 13.2 Å². The van der Waals surface area contributed by atoms with E-state index >= 15 is 0 Å². The lowest BCUT2D eigenvalue weighted by Gasteiger charge is -2.18. The van der Waals surface area contributed by atoms with Gasteiger partial charge >= 0.3 is 12.1 Å². The molecule has 1 amide bonds. The number of carboxylic acid groups (broad SMARTS) is 1. The predicted molar refractivity (Wildman–Crippen MR) is 130 cm³/mol. The predicted octanol–water partition coefficient (Wildman–Crippen LogP) is 6.16. The molecule has 0 saturated heterocycles. The summed E-state index contributed by atoms with van der Waals surface area (Å²) in [5.41, 5.74) is -0.534. The fraction of sp³-hybridized carbons (Fsp3) is 0.148. The molecule has 4 aromatic rings. The summed E-state index contributed by atoms with van der Waals surface area (Å²) in [6.45, 7) is 1.16. The Morgan fingerprint density at radius 3 is 2.26 bits per heavy atom. The lowest BCUT2D eigenvalue weighted by molar-refractivity contribution is -0.137. The van der Waals surface area contributed by atoms with Crippen LogP contribution in [0.2, 0.25) is 0 Å². The number of nitrogens with zero attached hydrogens (tertiary/aromatic N) is 1. The number of carboxylic acids is 1. The minimum atomic E-state index is -4.73. The van der Waals surface area contributed by atoms with E-state index in [1.54, 1.807) is 24.3 Å². The number of amides is 1. The second-order valence-electron chi connectivity index (χ2n) is 8.03. The van der Waals surface area contributed by atoms with Gasteiger partial charge in [0.1, 0.15) is 35.3 Å². The third-order valence-corrected chi connectivity index (χ3v) is 5.44. The number of methoxy groups -OCH3 is 1. The zero-order chi connectivity index (χ0) is 28.9. The van der Waals surface area contributed by atoms with Crippen LogP contribution in [0.4, 0.5) is 26.3 Å². The van der Waals surface area contributed by atoms with Crippen LogP contribution in [-0.4, -0.2) is 35.6 Å². The van der Waals surface area contributed by atoms with Crippen molar-refractivity contribution in [3.63, 3.8) is 0 Å². The average molecular weight is 550 g/mol. The molecule has 0 unspecified atom stereocenters. The first-order chi connectivity index (χ1) is 18.3. The molecule has 4 rings (SSSR count). The molecule has 204 valence electrons. The summed E-state index contributed by atoms with van der Waals surface area (Å²) in [5, 5.41) is 10.8. The molecule has 12 heteroatoms. The minimum absolute atomic E-state index is 0.182. The summed E-state index contributed by atoms with van der Waals surface area (Å²) in [7, 11) is 1.21. The molecule has 0 aliphatic carbocycles. The Morgan fingerprint density at radius 1 is 1.00 bits per heavy atom. The first-order valence-corrected chi connectivity index (χ1v) is 11.1. The Bertz CT molecular complexity index is 1520. The van der Waals surface area contributed by atoms with E-state index < -0.39 is 53.2 Å². The SMILES string of the molecule is COc1cc(F)cc(C(F)(F)F)c1-c1ccc(C)c2cccnc12.O=C(O)CNC(=O)c1c(F)cccc1F. The first kappa shape index (κ1) is 29.0. The van der Waals surface area contributed by atoms with Gasteiger partial charge in [-0.2, -0.15) is 13.2 Å². The zero-order valence-electron chi connectivity index (χ0n) is 20.4. The molecule has 0 bridgehead atoms. The third-order valence-electron chi connectivity index (χ3n) is 5.44. The quantitative estimate of drug-likeness (QED) is 0.291. The Hall–Kier alpha value is -4.61. The smallest absolute Gasteiger partial charge is 0.417 e. The van der Waals surface area contributed by atoms with Crippen molar-refractivity contribution in [2.75, 3.05) is 13.7 Å². The van der Waals surface area contributed by atoms with Crippen LogP contribution in [0.1, 0.15) is 21.5 Å². The van der Waals surface area contributed by atoms with Gasteiger partial charge in [-0.3, -0.25) is 14.6 Å². The van der Waals surface area contributed by atoms with Crippen molar-refractivity contribution in [3.05, 3.63) is 94.9 Å². The fourth-order valence-corrected chi connectivity index (χ4v) is 3.72. The second-order valence-corrected chi connectivity index (χ2v) is 8.03. The number of alkyl halides is 3. The monoisotopic (exact) mass is 550 g/mol. The van der Waals surface area contributed by atoms with E-state index in [0.717, 1.165) is 35.2 Å². The Balaban J connectivity index is 0.000000242. The molecule has 0 saturated carbocycles. The fourth-order valence-electron chi connectivity index (χ4n) is 3.72. The van der Waals surface area contributed by atoms with Gasteiger partial charge in [0.25, 0.3) is 5.91 Å². The molecule has 0 atom stereocenters. The van der Waals surface area contributed by atoms with Crippen LogP contribution in [-0.2, 0) is 11.0 Å². The lowest BCUT2D eigenvalue weighted by Crippen LogP contribution is -2.30. The normalized spacial score (nSPS) is 11.0. The van der Waals surface area contributed by atoms with Crippen molar-refractivity contribution in [2.24, 2.45) is 0 Å². The number of benzene rings is 3. The number of fused-ring (bicyclic) bond motifs is 1. The highest BCUT2D eigenvalue weighted by Crippen LogP contribution is 2.44. The lowest BCUT2D eigenvalue weighted by atomic mass is 9.94. The van der Waals surface area contributed by atoms with Crippen LogP contribution >= 0.6 is 0 Å². The largest absolute Gasteiger partial charge is 0.496 e. The molecular weight excluding hydrogens is 530 g/mol. The van der Waals surface area contributed by atoms with Gasteiger partial charge in [0.15, 0.2) is 0 Å². The van der Waals surface area contributed by atoms with Gasteiger partial charge in [0.2, 0.25) is 0 Å². The summed E-state index contributed by atoms with van der Waals surface area (Å²) in [5.74, 6) is -5.63. The van der Waals surface area contributed by atoms with E-state index in [-0.39, 0.29) is 16.9 Å². The molecule has 0 fully saturated rings. The summed E-state index contributed by atoms with van der Waals surface area (Å²) in [6, 6.07) is 11.1. The summed E-state index contributed by atoms with van der Waals surface area (Å²) in [4.78, 5) is 25.5. The Kier molecular flexibility index (Phi) is 8.79. The number of rotatable bonds is 5. The highest BCUT2D eigenvalue weighted by atomic mass is 19.4. The minimum Gasteiger partial charge on any atom is -0.496 e. The summed E-state index contributed by atoms with van der Waals surface area (Å²) < 4.78 is 85.0. The number of hydrogen-bond acceptors (Lipinski definition) is 4. The summed E-state index contributed by atoms with van der Waals surface area (Å²) >= 11 is 0. The van der Waals surface area contributed by atoms with E-state index in [9.17, 15) is 35.9 Å². The van der Waals surface area contributed by atoms with E-state index in [4.69, 9.17) is 9.84 Å². The van der Waals surface area contributed by atoms with E-state index in [2.05, 4.69) is 4.98 Å². The topological polar surface area (TPSA) is 88.5 Å². The molecule has 0 radical (unpaired) electrons. The number of aryl methyl sites for hydroxylation is 1. The second kappa shape index (κ2) is 11.8.